The van der Waals surface area contributed by atoms with Crippen LogP contribution in [-0.4, -0.2) is 24.4 Å². The Hall–Kier alpha value is -1.58. The van der Waals surface area contributed by atoms with Crippen LogP contribution in [0.1, 0.15) is 31.4 Å². The Labute approximate surface area is 119 Å². The van der Waals surface area contributed by atoms with Gasteiger partial charge in [0.1, 0.15) is 5.75 Å². The van der Waals surface area contributed by atoms with E-state index in [-0.39, 0.29) is 18.2 Å². The number of methoxy groups -OCH3 is 1. The first-order chi connectivity index (χ1) is 9.65. The second kappa shape index (κ2) is 5.08. The first-order valence-corrected chi connectivity index (χ1v) is 7.12. The van der Waals surface area contributed by atoms with Gasteiger partial charge in [0.25, 0.3) is 0 Å². The van der Waals surface area contributed by atoms with Gasteiger partial charge in [-0.3, -0.25) is 0 Å². The Morgan fingerprint density at radius 1 is 1.20 bits per heavy atom. The van der Waals surface area contributed by atoms with E-state index in [2.05, 4.69) is 36.5 Å². The molecule has 2 N–H and O–H groups in total. The minimum atomic E-state index is -0.0335. The molecule has 0 radical (unpaired) electrons. The molecular formula is C17H21NO2. The molecule has 3 nitrogen and oxygen atoms in total. The number of fused-ring (bicyclic) bond motifs is 1. The molecule has 0 aliphatic heterocycles. The van der Waals surface area contributed by atoms with E-state index in [1.165, 1.54) is 16.3 Å². The van der Waals surface area contributed by atoms with Crippen LogP contribution in [0.2, 0.25) is 0 Å². The molecule has 0 aromatic heterocycles. The molecule has 1 aliphatic carbocycles. The van der Waals surface area contributed by atoms with Crippen LogP contribution in [0.3, 0.4) is 0 Å². The third-order valence-electron chi connectivity index (χ3n) is 4.25. The highest BCUT2D eigenvalue weighted by atomic mass is 16.5. The Kier molecular flexibility index (Phi) is 3.40. The SMILES string of the molecule is COc1ccc2cc(C(C)NC3(CO)CC3)ccc2c1. The molecule has 0 heterocycles. The van der Waals surface area contributed by atoms with E-state index in [0.717, 1.165) is 18.6 Å². The lowest BCUT2D eigenvalue weighted by atomic mass is 10.0. The fourth-order valence-corrected chi connectivity index (χ4v) is 2.68. The van der Waals surface area contributed by atoms with Crippen molar-refractivity contribution in [2.45, 2.75) is 31.3 Å². The monoisotopic (exact) mass is 271 g/mol. The molecule has 2 aromatic rings. The zero-order valence-electron chi connectivity index (χ0n) is 12.0. The maximum absolute atomic E-state index is 9.41. The van der Waals surface area contributed by atoms with Crippen molar-refractivity contribution in [2.75, 3.05) is 13.7 Å². The van der Waals surface area contributed by atoms with Crippen molar-refractivity contribution in [3.8, 4) is 5.75 Å². The number of aliphatic hydroxyl groups is 1. The molecule has 3 rings (SSSR count). The summed E-state index contributed by atoms with van der Waals surface area (Å²) in [6.45, 7) is 2.38. The average Bonchev–Trinajstić information content (AvgIpc) is 3.26. The van der Waals surface area contributed by atoms with Crippen molar-refractivity contribution >= 4 is 10.8 Å². The zero-order chi connectivity index (χ0) is 14.2. The van der Waals surface area contributed by atoms with Gasteiger partial charge in [-0.25, -0.2) is 0 Å². The summed E-state index contributed by atoms with van der Waals surface area (Å²) >= 11 is 0. The topological polar surface area (TPSA) is 41.5 Å². The molecule has 1 unspecified atom stereocenters. The van der Waals surface area contributed by atoms with Gasteiger partial charge in [0.2, 0.25) is 0 Å². The van der Waals surface area contributed by atoms with Gasteiger partial charge in [-0.05, 0) is 54.3 Å². The van der Waals surface area contributed by atoms with Crippen LogP contribution in [0, 0.1) is 0 Å². The summed E-state index contributed by atoms with van der Waals surface area (Å²) in [7, 11) is 1.69. The largest absolute Gasteiger partial charge is 0.497 e. The van der Waals surface area contributed by atoms with Gasteiger partial charge in [-0.1, -0.05) is 18.2 Å². The molecule has 20 heavy (non-hydrogen) atoms. The van der Waals surface area contributed by atoms with Crippen LogP contribution >= 0.6 is 0 Å². The average molecular weight is 271 g/mol. The third kappa shape index (κ3) is 2.51. The van der Waals surface area contributed by atoms with Crippen molar-refractivity contribution in [1.29, 1.82) is 0 Å². The van der Waals surface area contributed by atoms with E-state index in [4.69, 9.17) is 4.74 Å². The summed E-state index contributed by atoms with van der Waals surface area (Å²) in [5.74, 6) is 0.883. The fraction of sp³-hybridized carbons (Fsp3) is 0.412. The van der Waals surface area contributed by atoms with E-state index in [9.17, 15) is 5.11 Å². The molecule has 0 saturated heterocycles. The quantitative estimate of drug-likeness (QED) is 0.878. The van der Waals surface area contributed by atoms with Crippen molar-refractivity contribution in [3.63, 3.8) is 0 Å². The first-order valence-electron chi connectivity index (χ1n) is 7.12. The van der Waals surface area contributed by atoms with E-state index < -0.39 is 0 Å². The highest BCUT2D eigenvalue weighted by molar-refractivity contribution is 5.84. The first kappa shape index (κ1) is 13.4. The Balaban J connectivity index is 1.85. The second-order valence-electron chi connectivity index (χ2n) is 5.78. The van der Waals surface area contributed by atoms with E-state index in [1.807, 2.05) is 12.1 Å². The number of hydrogen-bond acceptors (Lipinski definition) is 3. The number of ether oxygens (including phenoxy) is 1. The van der Waals surface area contributed by atoms with Crippen LogP contribution in [0.5, 0.6) is 5.75 Å². The highest BCUT2D eigenvalue weighted by Crippen LogP contribution is 2.37. The van der Waals surface area contributed by atoms with E-state index in [1.54, 1.807) is 7.11 Å². The maximum atomic E-state index is 9.41. The number of nitrogens with one attached hydrogen (secondary N) is 1. The summed E-state index contributed by atoms with van der Waals surface area (Å²) in [5, 5.41) is 15.3. The van der Waals surface area contributed by atoms with Gasteiger partial charge in [0.15, 0.2) is 0 Å². The van der Waals surface area contributed by atoms with Gasteiger partial charge in [-0.15, -0.1) is 0 Å². The highest BCUT2D eigenvalue weighted by Gasteiger charge is 2.42. The predicted molar refractivity (Wildman–Crippen MR) is 81.1 cm³/mol. The number of aliphatic hydroxyl groups excluding tert-OH is 1. The van der Waals surface area contributed by atoms with Gasteiger partial charge in [0, 0.05) is 11.6 Å². The normalized spacial score (nSPS) is 17.9. The molecule has 1 fully saturated rings. The second-order valence-corrected chi connectivity index (χ2v) is 5.78. The summed E-state index contributed by atoms with van der Waals surface area (Å²) in [6, 6.07) is 12.9. The van der Waals surface area contributed by atoms with Gasteiger partial charge in [-0.2, -0.15) is 0 Å². The van der Waals surface area contributed by atoms with Crippen LogP contribution in [0.4, 0.5) is 0 Å². The molecule has 1 atom stereocenters. The van der Waals surface area contributed by atoms with Gasteiger partial charge < -0.3 is 15.2 Å². The molecule has 1 aliphatic rings. The van der Waals surface area contributed by atoms with E-state index >= 15 is 0 Å². The lowest BCUT2D eigenvalue weighted by molar-refractivity contribution is 0.221. The number of benzene rings is 2. The van der Waals surface area contributed by atoms with Crippen molar-refractivity contribution in [2.24, 2.45) is 0 Å². The minimum Gasteiger partial charge on any atom is -0.497 e. The van der Waals surface area contributed by atoms with Gasteiger partial charge >= 0.3 is 0 Å². The smallest absolute Gasteiger partial charge is 0.119 e. The summed E-state index contributed by atoms with van der Waals surface area (Å²) in [6.07, 6.45) is 2.14. The third-order valence-corrected chi connectivity index (χ3v) is 4.25. The summed E-state index contributed by atoms with van der Waals surface area (Å²) in [4.78, 5) is 0. The molecule has 0 amide bonds. The minimum absolute atomic E-state index is 0.0335. The Morgan fingerprint density at radius 3 is 2.55 bits per heavy atom. The lowest BCUT2D eigenvalue weighted by Gasteiger charge is -2.21. The molecule has 2 aromatic carbocycles. The van der Waals surface area contributed by atoms with Gasteiger partial charge in [0.05, 0.1) is 13.7 Å². The lowest BCUT2D eigenvalue weighted by Crippen LogP contribution is -2.36. The number of rotatable bonds is 5. The molecule has 1 saturated carbocycles. The molecular weight excluding hydrogens is 250 g/mol. The van der Waals surface area contributed by atoms with Crippen molar-refractivity contribution in [3.05, 3.63) is 42.0 Å². The molecule has 0 bridgehead atoms. The standard InChI is InChI=1S/C17H21NO2/c1-12(18-17(11-19)7-8-17)13-3-4-15-10-16(20-2)6-5-14(15)9-13/h3-6,9-10,12,18-19H,7-8,11H2,1-2H3. The summed E-state index contributed by atoms with van der Waals surface area (Å²) in [5.41, 5.74) is 1.22. The van der Waals surface area contributed by atoms with Crippen molar-refractivity contribution < 1.29 is 9.84 Å². The molecule has 0 spiro atoms. The Bertz CT molecular complexity index is 619. The number of hydrogen-bond donors (Lipinski definition) is 2. The zero-order valence-corrected chi connectivity index (χ0v) is 12.0. The maximum Gasteiger partial charge on any atom is 0.119 e. The van der Waals surface area contributed by atoms with Crippen molar-refractivity contribution in [1.82, 2.24) is 5.32 Å². The summed E-state index contributed by atoms with van der Waals surface area (Å²) < 4.78 is 5.25. The Morgan fingerprint density at radius 2 is 1.90 bits per heavy atom. The predicted octanol–water partition coefficient (Wildman–Crippen LogP) is 3.02. The van der Waals surface area contributed by atoms with Crippen LogP contribution in [0.25, 0.3) is 10.8 Å². The van der Waals surface area contributed by atoms with E-state index in [0.29, 0.717) is 0 Å². The molecule has 106 valence electrons. The van der Waals surface area contributed by atoms with Crippen LogP contribution in [-0.2, 0) is 0 Å². The molecule has 3 heteroatoms. The fourth-order valence-electron chi connectivity index (χ4n) is 2.68. The van der Waals surface area contributed by atoms with Crippen LogP contribution in [0.15, 0.2) is 36.4 Å². The van der Waals surface area contributed by atoms with Crippen LogP contribution < -0.4 is 10.1 Å².